The third kappa shape index (κ3) is 6.73. The maximum atomic E-state index is 12.3. The summed E-state index contributed by atoms with van der Waals surface area (Å²) in [6, 6.07) is 19.9. The van der Waals surface area contributed by atoms with E-state index < -0.39 is 0 Å². The molecular formula is C21H27ClNO2+. The second-order valence-corrected chi connectivity index (χ2v) is 5.66. The van der Waals surface area contributed by atoms with Crippen LogP contribution in [0.5, 0.6) is 0 Å². The number of hydrogen-bond donors (Lipinski definition) is 1. The molecular weight excluding hydrogens is 334 g/mol. The first-order valence-corrected chi connectivity index (χ1v) is 8.57. The molecule has 2 aromatic carbocycles. The summed E-state index contributed by atoms with van der Waals surface area (Å²) in [4.78, 5) is 13.7. The van der Waals surface area contributed by atoms with Crippen LogP contribution < -0.4 is 4.90 Å². The molecule has 0 radical (unpaired) electrons. The molecule has 0 aliphatic heterocycles. The average Bonchev–Trinajstić information content (AvgIpc) is 2.65. The molecule has 0 spiro atoms. The van der Waals surface area contributed by atoms with Crippen molar-refractivity contribution in [3.8, 4) is 0 Å². The topological polar surface area (TPSA) is 30.7 Å². The molecule has 0 unspecified atom stereocenters. The van der Waals surface area contributed by atoms with Gasteiger partial charge in [-0.25, -0.2) is 4.79 Å². The second kappa shape index (κ2) is 11.5. The molecule has 0 amide bonds. The number of ether oxygens (including phenoxy) is 1. The molecule has 0 aliphatic carbocycles. The molecule has 134 valence electrons. The summed E-state index contributed by atoms with van der Waals surface area (Å²) in [5.74, 6) is -0.288. The Morgan fingerprint density at radius 2 is 1.40 bits per heavy atom. The van der Waals surface area contributed by atoms with Crippen molar-refractivity contribution < 1.29 is 14.4 Å². The number of likely N-dealkylation sites (N-methyl/N-ethyl adjacent to an activating group) is 1. The zero-order valence-electron chi connectivity index (χ0n) is 14.9. The SMILES string of the molecule is CC[NH+](CC)CCOC(=O)C=C(c1ccccc1)c1ccccc1.Cl. The van der Waals surface area contributed by atoms with Crippen molar-refractivity contribution in [2.75, 3.05) is 26.2 Å². The van der Waals surface area contributed by atoms with Gasteiger partial charge in [-0.3, -0.25) is 0 Å². The number of carbonyl (C=O) groups is 1. The Kier molecular flexibility index (Phi) is 9.60. The maximum absolute atomic E-state index is 12.3. The number of quaternary nitrogens is 1. The summed E-state index contributed by atoms with van der Waals surface area (Å²) < 4.78 is 5.41. The Hall–Kier alpha value is -2.10. The van der Waals surface area contributed by atoms with E-state index in [0.29, 0.717) is 6.61 Å². The molecule has 25 heavy (non-hydrogen) atoms. The van der Waals surface area contributed by atoms with E-state index in [9.17, 15) is 4.79 Å². The summed E-state index contributed by atoms with van der Waals surface area (Å²) in [6.45, 7) is 7.67. The Labute approximate surface area is 156 Å². The molecule has 2 aromatic rings. The molecule has 0 aromatic heterocycles. The second-order valence-electron chi connectivity index (χ2n) is 5.66. The largest absolute Gasteiger partial charge is 0.457 e. The average molecular weight is 361 g/mol. The van der Waals surface area contributed by atoms with E-state index in [0.717, 1.165) is 36.3 Å². The van der Waals surface area contributed by atoms with Crippen LogP contribution in [0.2, 0.25) is 0 Å². The van der Waals surface area contributed by atoms with Gasteiger partial charge in [0, 0.05) is 6.08 Å². The van der Waals surface area contributed by atoms with Crippen LogP contribution in [-0.4, -0.2) is 32.2 Å². The molecule has 0 bridgehead atoms. The van der Waals surface area contributed by atoms with E-state index in [1.54, 1.807) is 6.08 Å². The lowest BCUT2D eigenvalue weighted by Gasteiger charge is -2.15. The lowest BCUT2D eigenvalue weighted by Crippen LogP contribution is -3.11. The van der Waals surface area contributed by atoms with Crippen molar-refractivity contribution in [3.63, 3.8) is 0 Å². The van der Waals surface area contributed by atoms with Crippen LogP contribution in [0.1, 0.15) is 25.0 Å². The predicted octanol–water partition coefficient (Wildman–Crippen LogP) is 3.01. The van der Waals surface area contributed by atoms with Crippen LogP contribution in [-0.2, 0) is 9.53 Å². The number of halogens is 1. The number of rotatable bonds is 8. The summed E-state index contributed by atoms with van der Waals surface area (Å²) in [5, 5.41) is 0. The summed E-state index contributed by atoms with van der Waals surface area (Å²) in [5.41, 5.74) is 2.90. The quantitative estimate of drug-likeness (QED) is 0.579. The third-order valence-electron chi connectivity index (χ3n) is 4.13. The fourth-order valence-corrected chi connectivity index (χ4v) is 2.63. The van der Waals surface area contributed by atoms with Crippen LogP contribution in [0.15, 0.2) is 66.7 Å². The number of hydrogen-bond acceptors (Lipinski definition) is 2. The van der Waals surface area contributed by atoms with E-state index >= 15 is 0 Å². The highest BCUT2D eigenvalue weighted by Gasteiger charge is 2.09. The predicted molar refractivity (Wildman–Crippen MR) is 105 cm³/mol. The van der Waals surface area contributed by atoms with Crippen LogP contribution in [0.25, 0.3) is 5.57 Å². The Morgan fingerprint density at radius 3 is 1.84 bits per heavy atom. The van der Waals surface area contributed by atoms with Crippen molar-refractivity contribution in [2.24, 2.45) is 0 Å². The first-order valence-electron chi connectivity index (χ1n) is 8.57. The molecule has 4 heteroatoms. The Morgan fingerprint density at radius 1 is 0.920 bits per heavy atom. The summed E-state index contributed by atoms with van der Waals surface area (Å²) in [6.07, 6.45) is 1.60. The number of esters is 1. The van der Waals surface area contributed by atoms with Crippen LogP contribution in [0, 0.1) is 0 Å². The van der Waals surface area contributed by atoms with Gasteiger partial charge in [0.1, 0.15) is 13.2 Å². The molecule has 0 fully saturated rings. The normalized spacial score (nSPS) is 10.0. The molecule has 2 rings (SSSR count). The fourth-order valence-electron chi connectivity index (χ4n) is 2.63. The van der Waals surface area contributed by atoms with Gasteiger partial charge in [-0.2, -0.15) is 0 Å². The number of benzene rings is 2. The molecule has 0 aliphatic rings. The minimum Gasteiger partial charge on any atom is -0.457 e. The van der Waals surface area contributed by atoms with Gasteiger partial charge in [-0.15, -0.1) is 12.4 Å². The van der Waals surface area contributed by atoms with Gasteiger partial charge >= 0.3 is 5.97 Å². The number of carbonyl (C=O) groups excluding carboxylic acids is 1. The molecule has 3 nitrogen and oxygen atoms in total. The lowest BCUT2D eigenvalue weighted by molar-refractivity contribution is -0.896. The Balaban J connectivity index is 0.00000312. The van der Waals surface area contributed by atoms with Gasteiger partial charge in [0.2, 0.25) is 0 Å². The van der Waals surface area contributed by atoms with Gasteiger partial charge in [-0.1, -0.05) is 60.7 Å². The first-order chi connectivity index (χ1) is 11.7. The highest BCUT2D eigenvalue weighted by Crippen LogP contribution is 2.23. The van der Waals surface area contributed by atoms with Gasteiger partial charge in [0.15, 0.2) is 0 Å². The van der Waals surface area contributed by atoms with Crippen LogP contribution >= 0.6 is 12.4 Å². The third-order valence-corrected chi connectivity index (χ3v) is 4.13. The van der Waals surface area contributed by atoms with E-state index in [1.807, 2.05) is 60.7 Å². The fraction of sp³-hybridized carbons (Fsp3) is 0.286. The van der Waals surface area contributed by atoms with Gasteiger partial charge in [0.25, 0.3) is 0 Å². The monoisotopic (exact) mass is 360 g/mol. The minimum absolute atomic E-state index is 0. The highest BCUT2D eigenvalue weighted by molar-refractivity contribution is 5.96. The van der Waals surface area contributed by atoms with Crippen molar-refractivity contribution >= 4 is 23.9 Å². The van der Waals surface area contributed by atoms with Gasteiger partial charge < -0.3 is 9.64 Å². The molecule has 1 N–H and O–H groups in total. The van der Waals surface area contributed by atoms with Gasteiger partial charge in [0.05, 0.1) is 13.1 Å². The molecule has 0 saturated heterocycles. The number of nitrogens with one attached hydrogen (secondary N) is 1. The standard InChI is InChI=1S/C21H25NO2.ClH/c1-3-22(4-2)15-16-24-21(23)17-20(18-11-7-5-8-12-18)19-13-9-6-10-14-19;/h5-14,17H,3-4,15-16H2,1-2H3;1H/p+1. The Bertz CT molecular complexity index is 611. The van der Waals surface area contributed by atoms with Gasteiger partial charge in [-0.05, 0) is 30.5 Å². The minimum atomic E-state index is -0.288. The summed E-state index contributed by atoms with van der Waals surface area (Å²) in [7, 11) is 0. The highest BCUT2D eigenvalue weighted by atomic mass is 35.5. The van der Waals surface area contributed by atoms with Crippen molar-refractivity contribution in [3.05, 3.63) is 77.9 Å². The molecule has 0 saturated carbocycles. The van der Waals surface area contributed by atoms with E-state index in [4.69, 9.17) is 4.74 Å². The maximum Gasteiger partial charge on any atom is 0.331 e. The van der Waals surface area contributed by atoms with Crippen molar-refractivity contribution in [1.82, 2.24) is 0 Å². The zero-order valence-corrected chi connectivity index (χ0v) is 15.7. The molecule has 0 atom stereocenters. The van der Waals surface area contributed by atoms with Crippen LogP contribution in [0.4, 0.5) is 0 Å². The van der Waals surface area contributed by atoms with Crippen molar-refractivity contribution in [2.45, 2.75) is 13.8 Å². The molecule has 0 heterocycles. The zero-order chi connectivity index (χ0) is 17.2. The van der Waals surface area contributed by atoms with Crippen LogP contribution in [0.3, 0.4) is 0 Å². The first kappa shape index (κ1) is 20.9. The van der Waals surface area contributed by atoms with E-state index in [-0.39, 0.29) is 18.4 Å². The lowest BCUT2D eigenvalue weighted by atomic mass is 9.98. The summed E-state index contributed by atoms with van der Waals surface area (Å²) >= 11 is 0. The van der Waals surface area contributed by atoms with E-state index in [1.165, 1.54) is 4.90 Å². The van der Waals surface area contributed by atoms with Crippen molar-refractivity contribution in [1.29, 1.82) is 0 Å². The van der Waals surface area contributed by atoms with E-state index in [2.05, 4.69) is 13.8 Å². The smallest absolute Gasteiger partial charge is 0.331 e.